The summed E-state index contributed by atoms with van der Waals surface area (Å²) in [5.74, 6) is 0.496. The summed E-state index contributed by atoms with van der Waals surface area (Å²) in [4.78, 5) is 0. The number of hydrogen-bond acceptors (Lipinski definition) is 2. The van der Waals surface area contributed by atoms with Crippen molar-refractivity contribution in [3.05, 3.63) is 53.6 Å². The summed E-state index contributed by atoms with van der Waals surface area (Å²) >= 11 is 11.5. The van der Waals surface area contributed by atoms with Gasteiger partial charge >= 0.3 is 6.07 Å². The van der Waals surface area contributed by atoms with Crippen molar-refractivity contribution >= 4 is 28.6 Å². The smallest absolute Gasteiger partial charge is 0.422 e. The molecule has 2 aromatic rings. The van der Waals surface area contributed by atoms with Crippen LogP contribution in [-0.4, -0.2) is 0 Å². The maximum atomic E-state index is 12.0. The zero-order chi connectivity index (χ0) is 24.4. The number of hydrogen-bond donors (Lipinski definition) is 0. The van der Waals surface area contributed by atoms with Crippen LogP contribution >= 0.6 is 28.6 Å². The Bertz CT molecular complexity index is 937. The molecule has 2 nitrogen and oxygen atoms in total. The molecule has 0 heterocycles. The maximum absolute atomic E-state index is 12.0. The molecule has 0 spiro atoms. The van der Waals surface area contributed by atoms with Gasteiger partial charge in [0.05, 0.1) is 0 Å². The van der Waals surface area contributed by atoms with Gasteiger partial charge in [-0.2, -0.15) is 0 Å². The monoisotopic (exact) mass is 522 g/mol. The molecule has 1 aliphatic carbocycles. The third-order valence-corrected chi connectivity index (χ3v) is 8.20. The SMILES string of the molecule is CCCCCCCCC1(CCCCCCCC)c2ccccc2-c2ccc(OP(=O)(Cl)Cl)cc21. The van der Waals surface area contributed by atoms with Crippen molar-refractivity contribution in [3.8, 4) is 16.9 Å². The van der Waals surface area contributed by atoms with E-state index in [1.54, 1.807) is 0 Å². The van der Waals surface area contributed by atoms with E-state index < -0.39 is 6.07 Å². The van der Waals surface area contributed by atoms with Crippen LogP contribution < -0.4 is 4.52 Å². The molecule has 0 amide bonds. The van der Waals surface area contributed by atoms with Gasteiger partial charge in [-0.05, 0) is 47.2 Å². The first-order chi connectivity index (χ1) is 16.4. The molecular formula is C29H41Cl2O2P. The van der Waals surface area contributed by atoms with Gasteiger partial charge in [-0.15, -0.1) is 0 Å². The van der Waals surface area contributed by atoms with E-state index in [0.29, 0.717) is 5.75 Å². The first-order valence-electron chi connectivity index (χ1n) is 13.3. The molecule has 1 aliphatic rings. The lowest BCUT2D eigenvalue weighted by Crippen LogP contribution is -2.25. The Morgan fingerprint density at radius 1 is 0.706 bits per heavy atom. The lowest BCUT2D eigenvalue weighted by atomic mass is 9.70. The summed E-state index contributed by atoms with van der Waals surface area (Å²) in [6.07, 6.45) is 14.0. The van der Waals surface area contributed by atoms with Crippen LogP contribution in [0.1, 0.15) is 115 Å². The Morgan fingerprint density at radius 2 is 1.24 bits per heavy atom. The Morgan fingerprint density at radius 3 is 1.82 bits per heavy atom. The van der Waals surface area contributed by atoms with E-state index in [2.05, 4.69) is 50.2 Å². The lowest BCUT2D eigenvalue weighted by molar-refractivity contribution is 0.397. The van der Waals surface area contributed by atoms with Gasteiger partial charge in [-0.3, -0.25) is 0 Å². The van der Waals surface area contributed by atoms with Crippen molar-refractivity contribution < 1.29 is 9.09 Å². The second-order valence-corrected chi connectivity index (χ2v) is 14.1. The minimum atomic E-state index is -3.66. The number of rotatable bonds is 16. The van der Waals surface area contributed by atoms with Gasteiger partial charge < -0.3 is 4.52 Å². The Labute approximate surface area is 216 Å². The molecule has 0 saturated carbocycles. The average Bonchev–Trinajstić information content (AvgIpc) is 3.07. The molecular weight excluding hydrogens is 482 g/mol. The van der Waals surface area contributed by atoms with Crippen LogP contribution in [0.5, 0.6) is 5.75 Å². The molecule has 3 rings (SSSR count). The molecule has 34 heavy (non-hydrogen) atoms. The molecule has 0 atom stereocenters. The van der Waals surface area contributed by atoms with Gasteiger partial charge in [0, 0.05) is 27.9 Å². The highest BCUT2D eigenvalue weighted by atomic mass is 35.9. The highest BCUT2D eigenvalue weighted by molar-refractivity contribution is 8.05. The van der Waals surface area contributed by atoms with Crippen LogP contribution in [0.2, 0.25) is 0 Å². The van der Waals surface area contributed by atoms with Crippen LogP contribution in [-0.2, 0) is 9.98 Å². The Hall–Kier alpha value is -0.950. The van der Waals surface area contributed by atoms with E-state index in [0.717, 1.165) is 12.8 Å². The van der Waals surface area contributed by atoms with Gasteiger partial charge in [-0.25, -0.2) is 4.57 Å². The molecule has 0 fully saturated rings. The molecule has 0 saturated heterocycles. The Kier molecular flexibility index (Phi) is 10.9. The van der Waals surface area contributed by atoms with Crippen molar-refractivity contribution in [3.63, 3.8) is 0 Å². The zero-order valence-electron chi connectivity index (χ0n) is 21.0. The molecule has 0 aliphatic heterocycles. The largest absolute Gasteiger partial charge is 0.428 e. The van der Waals surface area contributed by atoms with E-state index >= 15 is 0 Å². The molecule has 0 bridgehead atoms. The van der Waals surface area contributed by atoms with Gasteiger partial charge in [0.25, 0.3) is 0 Å². The first-order valence-corrected chi connectivity index (χ1v) is 16.8. The third kappa shape index (κ3) is 7.28. The fraction of sp³-hybridized carbons (Fsp3) is 0.586. The highest BCUT2D eigenvalue weighted by Gasteiger charge is 2.42. The molecule has 0 N–H and O–H groups in total. The fourth-order valence-corrected chi connectivity index (χ4v) is 6.53. The molecule has 0 aromatic heterocycles. The molecule has 2 aromatic carbocycles. The molecule has 0 unspecified atom stereocenters. The van der Waals surface area contributed by atoms with E-state index in [-0.39, 0.29) is 5.41 Å². The summed E-state index contributed by atoms with van der Waals surface area (Å²) < 4.78 is 17.4. The van der Waals surface area contributed by atoms with Crippen LogP contribution in [0.3, 0.4) is 0 Å². The topological polar surface area (TPSA) is 26.3 Å². The standard InChI is InChI=1S/C29H41Cl2O2P/c1-3-5-7-9-11-15-21-29(22-16-12-10-8-6-4-2)27-18-14-13-17-25(27)26-20-19-24(23-28(26)29)33-34(30,31)32/h13-14,17-20,23H,3-12,15-16,21-22H2,1-2H3. The molecule has 5 heteroatoms. The number of fused-ring (bicyclic) bond motifs is 3. The zero-order valence-corrected chi connectivity index (χ0v) is 23.4. The van der Waals surface area contributed by atoms with Gasteiger partial charge in [0.2, 0.25) is 0 Å². The van der Waals surface area contributed by atoms with E-state index in [4.69, 9.17) is 27.0 Å². The minimum Gasteiger partial charge on any atom is -0.422 e. The molecule has 188 valence electrons. The van der Waals surface area contributed by atoms with Crippen LogP contribution in [0.25, 0.3) is 11.1 Å². The number of benzene rings is 2. The molecule has 0 radical (unpaired) electrons. The van der Waals surface area contributed by atoms with Crippen LogP contribution in [0, 0.1) is 0 Å². The Balaban J connectivity index is 1.89. The normalized spacial score (nSPS) is 14.1. The van der Waals surface area contributed by atoms with E-state index in [9.17, 15) is 4.57 Å². The van der Waals surface area contributed by atoms with Crippen LogP contribution in [0.4, 0.5) is 0 Å². The summed E-state index contributed by atoms with van der Waals surface area (Å²) in [5.41, 5.74) is 5.27. The van der Waals surface area contributed by atoms with Gasteiger partial charge in [0.1, 0.15) is 5.75 Å². The van der Waals surface area contributed by atoms with Crippen molar-refractivity contribution in [2.75, 3.05) is 0 Å². The minimum absolute atomic E-state index is 0.0383. The summed E-state index contributed by atoms with van der Waals surface area (Å²) in [5, 5.41) is 0. The first kappa shape index (κ1) is 27.6. The van der Waals surface area contributed by atoms with Crippen molar-refractivity contribution in [1.29, 1.82) is 0 Å². The summed E-state index contributed by atoms with van der Waals surface area (Å²) in [6.45, 7) is 4.53. The summed E-state index contributed by atoms with van der Waals surface area (Å²) in [7, 11) is 0. The maximum Gasteiger partial charge on any atom is 0.428 e. The lowest BCUT2D eigenvalue weighted by Gasteiger charge is -2.33. The predicted molar refractivity (Wildman–Crippen MR) is 149 cm³/mol. The second kappa shape index (κ2) is 13.4. The average molecular weight is 524 g/mol. The fourth-order valence-electron chi connectivity index (χ4n) is 5.69. The predicted octanol–water partition coefficient (Wildman–Crippen LogP) is 11.4. The quantitative estimate of drug-likeness (QED) is 0.162. The number of unbranched alkanes of at least 4 members (excludes halogenated alkanes) is 10. The third-order valence-electron chi connectivity index (χ3n) is 7.37. The van der Waals surface area contributed by atoms with E-state index in [1.807, 2.05) is 6.07 Å². The van der Waals surface area contributed by atoms with Crippen LogP contribution in [0.15, 0.2) is 42.5 Å². The summed E-state index contributed by atoms with van der Waals surface area (Å²) in [6, 6.07) is 14.9. The van der Waals surface area contributed by atoms with Gasteiger partial charge in [0.15, 0.2) is 0 Å². The van der Waals surface area contributed by atoms with E-state index in [1.165, 1.54) is 99.3 Å². The second-order valence-electron chi connectivity index (χ2n) is 9.88. The van der Waals surface area contributed by atoms with Gasteiger partial charge in [-0.1, -0.05) is 121 Å². The van der Waals surface area contributed by atoms with Crippen molar-refractivity contribution in [1.82, 2.24) is 0 Å². The number of halogens is 2. The van der Waals surface area contributed by atoms with Crippen molar-refractivity contribution in [2.24, 2.45) is 0 Å². The van der Waals surface area contributed by atoms with Crippen molar-refractivity contribution in [2.45, 2.75) is 109 Å². The highest BCUT2D eigenvalue weighted by Crippen LogP contribution is 2.59.